The fourth-order valence-corrected chi connectivity index (χ4v) is 1.35. The maximum Gasteiger partial charge on any atom is 0.251 e. The second kappa shape index (κ2) is 2.71. The number of rotatable bonds is 1. The highest BCUT2D eigenvalue weighted by molar-refractivity contribution is 7.91. The monoisotopic (exact) mass is 187 g/mol. The molecular formula is C6H9N3O2S. The van der Waals surface area contributed by atoms with E-state index in [1.165, 1.54) is 12.3 Å². The van der Waals surface area contributed by atoms with Gasteiger partial charge in [0.15, 0.2) is 0 Å². The lowest BCUT2D eigenvalue weighted by Crippen LogP contribution is -2.13. The largest absolute Gasteiger partial charge is 0.299 e. The highest BCUT2D eigenvalue weighted by Gasteiger charge is 2.05. The Morgan fingerprint density at radius 3 is 2.67 bits per heavy atom. The van der Waals surface area contributed by atoms with Crippen LogP contribution in [0.25, 0.3) is 0 Å². The van der Waals surface area contributed by atoms with E-state index in [-0.39, 0.29) is 10.7 Å². The number of hydrogen-bond acceptors (Lipinski definition) is 4. The first kappa shape index (κ1) is 8.92. The lowest BCUT2D eigenvalue weighted by atomic mass is 10.5. The molecule has 0 aliphatic rings. The van der Waals surface area contributed by atoms with Gasteiger partial charge in [0.2, 0.25) is 5.16 Å². The van der Waals surface area contributed by atoms with Crippen LogP contribution in [0.15, 0.2) is 16.0 Å². The summed E-state index contributed by atoms with van der Waals surface area (Å²) in [5.74, 6) is 0. The zero-order valence-electron chi connectivity index (χ0n) is 6.75. The number of aryl methyl sites for hydroxylation is 1. The summed E-state index contributed by atoms with van der Waals surface area (Å²) in [6, 6.07) is 1.29. The SMILES string of the molecule is Cc1cc(=O)[nH]c(S(C)(=N)=O)n1. The minimum Gasteiger partial charge on any atom is -0.299 e. The van der Waals surface area contributed by atoms with Crippen molar-refractivity contribution in [3.8, 4) is 0 Å². The predicted octanol–water partition coefficient (Wildman–Crippen LogP) is 0.114. The predicted molar refractivity (Wildman–Crippen MR) is 44.6 cm³/mol. The van der Waals surface area contributed by atoms with Crippen molar-refractivity contribution < 1.29 is 4.21 Å². The van der Waals surface area contributed by atoms with Gasteiger partial charge in [-0.3, -0.25) is 9.78 Å². The number of aromatic amines is 1. The minimum absolute atomic E-state index is 0.0625. The van der Waals surface area contributed by atoms with E-state index in [1.807, 2.05) is 0 Å². The van der Waals surface area contributed by atoms with Gasteiger partial charge in [-0.05, 0) is 6.92 Å². The average molecular weight is 187 g/mol. The lowest BCUT2D eigenvalue weighted by Gasteiger charge is -1.99. The first-order chi connectivity index (χ1) is 5.39. The molecule has 0 saturated carbocycles. The molecule has 0 amide bonds. The van der Waals surface area contributed by atoms with Gasteiger partial charge in [-0.15, -0.1) is 0 Å². The fourth-order valence-electron chi connectivity index (χ4n) is 0.736. The molecule has 0 aliphatic heterocycles. The van der Waals surface area contributed by atoms with Crippen molar-refractivity contribution in [1.82, 2.24) is 9.97 Å². The van der Waals surface area contributed by atoms with E-state index >= 15 is 0 Å². The van der Waals surface area contributed by atoms with Crippen LogP contribution in [0.1, 0.15) is 5.69 Å². The zero-order valence-corrected chi connectivity index (χ0v) is 7.57. The van der Waals surface area contributed by atoms with Crippen LogP contribution in [-0.4, -0.2) is 20.4 Å². The zero-order chi connectivity index (χ0) is 9.35. The molecule has 0 fully saturated rings. The van der Waals surface area contributed by atoms with Crippen LogP contribution < -0.4 is 5.56 Å². The summed E-state index contributed by atoms with van der Waals surface area (Å²) in [6.45, 7) is 1.62. The van der Waals surface area contributed by atoms with E-state index < -0.39 is 9.73 Å². The quantitative estimate of drug-likeness (QED) is 0.612. The van der Waals surface area contributed by atoms with Crippen LogP contribution in [0, 0.1) is 11.7 Å². The summed E-state index contributed by atoms with van der Waals surface area (Å²) in [6.07, 6.45) is 1.21. The maximum absolute atomic E-state index is 11.1. The number of hydrogen-bond donors (Lipinski definition) is 2. The molecule has 2 N–H and O–H groups in total. The van der Waals surface area contributed by atoms with Gasteiger partial charge in [0, 0.05) is 18.0 Å². The molecule has 0 spiro atoms. The summed E-state index contributed by atoms with van der Waals surface area (Å²) in [5, 5.41) is -0.0625. The second-order valence-corrected chi connectivity index (χ2v) is 4.61. The first-order valence-electron chi connectivity index (χ1n) is 3.21. The topological polar surface area (TPSA) is 86.7 Å². The standard InChI is InChI=1S/C6H9N3O2S/c1-4-3-5(10)9-6(8-4)12(2,7)11/h3,7H,1-2H3,(H,8,9,10). The van der Waals surface area contributed by atoms with Gasteiger partial charge in [-0.1, -0.05) is 0 Å². The third-order valence-corrected chi connectivity index (χ3v) is 2.15. The van der Waals surface area contributed by atoms with Gasteiger partial charge in [0.05, 0.1) is 0 Å². The molecule has 1 aromatic heterocycles. The van der Waals surface area contributed by atoms with E-state index in [0.29, 0.717) is 5.69 Å². The molecule has 0 bridgehead atoms. The van der Waals surface area contributed by atoms with Crippen LogP contribution in [0.3, 0.4) is 0 Å². The first-order valence-corrected chi connectivity index (χ1v) is 5.18. The Hall–Kier alpha value is -1.17. The summed E-state index contributed by atoms with van der Waals surface area (Å²) in [7, 11) is -2.91. The van der Waals surface area contributed by atoms with Gasteiger partial charge in [-0.25, -0.2) is 14.0 Å². The van der Waals surface area contributed by atoms with Crippen LogP contribution in [0.5, 0.6) is 0 Å². The number of aromatic nitrogens is 2. The molecule has 5 nitrogen and oxygen atoms in total. The molecule has 0 aromatic carbocycles. The molecule has 1 atom stereocenters. The molecule has 6 heteroatoms. The molecule has 1 aromatic rings. The third kappa shape index (κ3) is 1.91. The molecule has 1 unspecified atom stereocenters. The minimum atomic E-state index is -2.91. The van der Waals surface area contributed by atoms with Crippen LogP contribution in [0.2, 0.25) is 0 Å². The summed E-state index contributed by atoms with van der Waals surface area (Å²) in [4.78, 5) is 16.9. The van der Waals surface area contributed by atoms with E-state index in [1.54, 1.807) is 6.92 Å². The Labute approximate surface area is 69.8 Å². The molecule has 0 aliphatic carbocycles. The Morgan fingerprint density at radius 1 is 1.67 bits per heavy atom. The van der Waals surface area contributed by atoms with Gasteiger partial charge >= 0.3 is 0 Å². The highest BCUT2D eigenvalue weighted by Crippen LogP contribution is 1.98. The molecular weight excluding hydrogens is 178 g/mol. The molecule has 12 heavy (non-hydrogen) atoms. The van der Waals surface area contributed by atoms with Gasteiger partial charge in [0.1, 0.15) is 9.73 Å². The van der Waals surface area contributed by atoms with Crippen LogP contribution >= 0.6 is 0 Å². The lowest BCUT2D eigenvalue weighted by molar-refractivity contribution is 0.669. The Kier molecular flexibility index (Phi) is 2.01. The van der Waals surface area contributed by atoms with E-state index in [9.17, 15) is 9.00 Å². The average Bonchev–Trinajstić information content (AvgIpc) is 1.82. The molecule has 66 valence electrons. The Morgan fingerprint density at radius 2 is 2.25 bits per heavy atom. The van der Waals surface area contributed by atoms with E-state index in [2.05, 4.69) is 9.97 Å². The van der Waals surface area contributed by atoms with Crippen molar-refractivity contribution in [3.05, 3.63) is 22.1 Å². The van der Waals surface area contributed by atoms with Crippen LogP contribution in [0.4, 0.5) is 0 Å². The molecule has 1 rings (SSSR count). The highest BCUT2D eigenvalue weighted by atomic mass is 32.2. The van der Waals surface area contributed by atoms with Crippen molar-refractivity contribution >= 4 is 9.73 Å². The Bertz CT molecular complexity index is 446. The fraction of sp³-hybridized carbons (Fsp3) is 0.333. The van der Waals surface area contributed by atoms with Gasteiger partial charge in [-0.2, -0.15) is 0 Å². The van der Waals surface area contributed by atoms with Gasteiger partial charge in [0.25, 0.3) is 5.56 Å². The molecule has 0 saturated heterocycles. The van der Waals surface area contributed by atoms with Crippen molar-refractivity contribution in [1.29, 1.82) is 4.78 Å². The Balaban J connectivity index is 3.48. The number of nitrogens with zero attached hydrogens (tertiary/aromatic N) is 1. The van der Waals surface area contributed by atoms with Crippen LogP contribution in [-0.2, 0) is 9.73 Å². The van der Waals surface area contributed by atoms with Crippen molar-refractivity contribution in [2.24, 2.45) is 0 Å². The maximum atomic E-state index is 11.1. The van der Waals surface area contributed by atoms with E-state index in [4.69, 9.17) is 4.78 Å². The van der Waals surface area contributed by atoms with Crippen molar-refractivity contribution in [2.75, 3.05) is 6.26 Å². The normalized spacial score (nSPS) is 15.5. The third-order valence-electron chi connectivity index (χ3n) is 1.22. The summed E-state index contributed by atoms with van der Waals surface area (Å²) < 4.78 is 18.3. The second-order valence-electron chi connectivity index (χ2n) is 2.54. The van der Waals surface area contributed by atoms with Crippen molar-refractivity contribution in [2.45, 2.75) is 12.1 Å². The van der Waals surface area contributed by atoms with Crippen molar-refractivity contribution in [3.63, 3.8) is 0 Å². The molecule has 0 radical (unpaired) electrons. The van der Waals surface area contributed by atoms with E-state index in [0.717, 1.165) is 0 Å². The summed E-state index contributed by atoms with van der Waals surface area (Å²) in [5.41, 5.74) is 0.0925. The number of H-pyrrole nitrogens is 1. The molecule has 1 heterocycles. The smallest absolute Gasteiger partial charge is 0.251 e. The summed E-state index contributed by atoms with van der Waals surface area (Å²) >= 11 is 0. The number of nitrogens with one attached hydrogen (secondary N) is 2. The van der Waals surface area contributed by atoms with Gasteiger partial charge < -0.3 is 0 Å².